The third-order valence-corrected chi connectivity index (χ3v) is 5.65. The number of carbonyl (C=O) groups is 1. The van der Waals surface area contributed by atoms with Crippen LogP contribution in [0.3, 0.4) is 0 Å². The Kier molecular flexibility index (Phi) is 8.11. The molecule has 0 bridgehead atoms. The maximum Gasteiger partial charge on any atom is 0.229 e. The van der Waals surface area contributed by atoms with Crippen LogP contribution in [-0.2, 0) is 27.1 Å². The van der Waals surface area contributed by atoms with E-state index in [9.17, 15) is 35.4 Å². The molecule has 0 saturated carbocycles. The number of hydrogen-bond donors (Lipinski definition) is 6. The number of benzene rings is 2. The maximum atomic E-state index is 12.7. The Morgan fingerprint density at radius 1 is 1.03 bits per heavy atom. The smallest absolute Gasteiger partial charge is 0.229 e. The Morgan fingerprint density at radius 2 is 1.76 bits per heavy atom. The molecule has 12 heteroatoms. The molecule has 0 aromatic heterocycles. The van der Waals surface area contributed by atoms with Gasteiger partial charge in [-0.1, -0.05) is 6.07 Å². The number of phenolic OH excluding ortho intramolecular Hbond substituents is 2. The van der Waals surface area contributed by atoms with E-state index in [0.29, 0.717) is 5.56 Å². The van der Waals surface area contributed by atoms with Gasteiger partial charge in [-0.25, -0.2) is 0 Å². The maximum absolute atomic E-state index is 12.7. The molecular formula is C22H24AuO11. The number of aliphatic hydroxyl groups is 4. The fraction of sp³-hybridized carbons (Fsp3) is 0.409. The van der Waals surface area contributed by atoms with E-state index >= 15 is 0 Å². The van der Waals surface area contributed by atoms with Crippen molar-refractivity contribution in [1.29, 1.82) is 0 Å². The first-order valence-corrected chi connectivity index (χ1v) is 10.1. The van der Waals surface area contributed by atoms with Crippen molar-refractivity contribution in [3.05, 3.63) is 41.5 Å². The van der Waals surface area contributed by atoms with Crippen molar-refractivity contribution in [2.24, 2.45) is 0 Å². The van der Waals surface area contributed by atoms with Gasteiger partial charge in [0.2, 0.25) is 6.29 Å². The van der Waals surface area contributed by atoms with Crippen LogP contribution in [0.25, 0.3) is 0 Å². The predicted molar refractivity (Wildman–Crippen MR) is 109 cm³/mol. The Labute approximate surface area is 209 Å². The Balaban J connectivity index is 0.00000324. The van der Waals surface area contributed by atoms with Crippen LogP contribution in [0.5, 0.6) is 28.7 Å². The summed E-state index contributed by atoms with van der Waals surface area (Å²) in [6, 6.07) is 6.97. The number of ketones is 1. The third-order valence-electron chi connectivity index (χ3n) is 5.65. The van der Waals surface area contributed by atoms with E-state index < -0.39 is 49.2 Å². The van der Waals surface area contributed by atoms with E-state index in [1.165, 1.54) is 25.3 Å². The zero-order valence-electron chi connectivity index (χ0n) is 17.8. The zero-order valence-corrected chi connectivity index (χ0v) is 20.0. The molecular weight excluding hydrogens is 637 g/mol. The second kappa shape index (κ2) is 10.5. The van der Waals surface area contributed by atoms with Gasteiger partial charge in [0.1, 0.15) is 53.3 Å². The molecule has 0 amide bonds. The van der Waals surface area contributed by atoms with Crippen molar-refractivity contribution in [3.8, 4) is 28.7 Å². The molecule has 1 saturated heterocycles. The van der Waals surface area contributed by atoms with Crippen LogP contribution in [-0.4, -0.2) is 80.8 Å². The fourth-order valence-electron chi connectivity index (χ4n) is 3.86. The van der Waals surface area contributed by atoms with E-state index in [0.717, 1.165) is 6.07 Å². The quantitative estimate of drug-likeness (QED) is 0.238. The summed E-state index contributed by atoms with van der Waals surface area (Å²) in [4.78, 5) is 12.7. The molecule has 4 rings (SSSR count). The largest absolute Gasteiger partial charge is 0.507 e. The Hall–Kier alpha value is -2.35. The number of hydrogen-bond acceptors (Lipinski definition) is 11. The molecule has 1 fully saturated rings. The van der Waals surface area contributed by atoms with Crippen LogP contribution in [0.15, 0.2) is 30.3 Å². The molecule has 6 atom stereocenters. The van der Waals surface area contributed by atoms with Crippen LogP contribution in [0.4, 0.5) is 0 Å². The van der Waals surface area contributed by atoms with Crippen LogP contribution >= 0.6 is 0 Å². The fourth-order valence-corrected chi connectivity index (χ4v) is 3.86. The molecule has 6 N–H and O–H groups in total. The minimum absolute atomic E-state index is 0. The number of fused-ring (bicyclic) bond motifs is 1. The van der Waals surface area contributed by atoms with E-state index in [4.69, 9.17) is 18.9 Å². The van der Waals surface area contributed by atoms with Crippen LogP contribution < -0.4 is 14.2 Å². The summed E-state index contributed by atoms with van der Waals surface area (Å²) in [5, 5.41) is 59.5. The van der Waals surface area contributed by atoms with Gasteiger partial charge in [-0.3, -0.25) is 4.79 Å². The van der Waals surface area contributed by atoms with Gasteiger partial charge in [-0.2, -0.15) is 0 Å². The van der Waals surface area contributed by atoms with Crippen LogP contribution in [0.2, 0.25) is 0 Å². The summed E-state index contributed by atoms with van der Waals surface area (Å²) in [7, 11) is 1.39. The molecule has 11 nitrogen and oxygen atoms in total. The molecule has 2 aromatic rings. The van der Waals surface area contributed by atoms with Crippen molar-refractivity contribution >= 4 is 5.78 Å². The van der Waals surface area contributed by atoms with E-state index in [1.807, 2.05) is 0 Å². The first-order chi connectivity index (χ1) is 15.7. The van der Waals surface area contributed by atoms with Crippen molar-refractivity contribution in [3.63, 3.8) is 0 Å². The Morgan fingerprint density at radius 3 is 2.44 bits per heavy atom. The minimum Gasteiger partial charge on any atom is -0.507 e. The summed E-state index contributed by atoms with van der Waals surface area (Å²) in [6.45, 7) is -0.629. The molecule has 2 heterocycles. The summed E-state index contributed by atoms with van der Waals surface area (Å²) < 4.78 is 21.9. The second-order valence-corrected chi connectivity index (χ2v) is 7.80. The van der Waals surface area contributed by atoms with Gasteiger partial charge in [0, 0.05) is 34.5 Å². The topological polar surface area (TPSA) is 175 Å². The van der Waals surface area contributed by atoms with E-state index in [-0.39, 0.29) is 63.1 Å². The number of aliphatic hydroxyl groups excluding tert-OH is 4. The number of ether oxygens (including phenoxy) is 4. The average Bonchev–Trinajstić information content (AvgIpc) is 2.79. The predicted octanol–water partition coefficient (Wildman–Crippen LogP) is -0.0109. The van der Waals surface area contributed by atoms with Gasteiger partial charge < -0.3 is 49.6 Å². The molecule has 34 heavy (non-hydrogen) atoms. The first kappa shape index (κ1) is 26.3. The minimum atomic E-state index is -1.65. The van der Waals surface area contributed by atoms with Gasteiger partial charge in [0.05, 0.1) is 20.1 Å². The normalized spacial score (nSPS) is 28.3. The number of rotatable bonds is 5. The van der Waals surface area contributed by atoms with Crippen molar-refractivity contribution in [1.82, 2.24) is 0 Å². The molecule has 0 aliphatic carbocycles. The summed E-state index contributed by atoms with van der Waals surface area (Å²) >= 11 is 0. The summed E-state index contributed by atoms with van der Waals surface area (Å²) in [5.74, 6) is -0.701. The molecule has 2 aliphatic heterocycles. The van der Waals surface area contributed by atoms with Gasteiger partial charge in [-0.05, 0) is 17.7 Å². The second-order valence-electron chi connectivity index (χ2n) is 7.80. The summed E-state index contributed by atoms with van der Waals surface area (Å²) in [5.41, 5.74) is 0.515. The monoisotopic (exact) mass is 661 g/mol. The van der Waals surface area contributed by atoms with Crippen molar-refractivity contribution in [2.45, 2.75) is 43.2 Å². The molecule has 2 aliphatic rings. The molecule has 2 aromatic carbocycles. The van der Waals surface area contributed by atoms with E-state index in [2.05, 4.69) is 0 Å². The zero-order chi connectivity index (χ0) is 23.9. The number of aromatic hydroxyl groups is 2. The van der Waals surface area contributed by atoms with Crippen molar-refractivity contribution < 1.29 is 76.8 Å². The van der Waals surface area contributed by atoms with Gasteiger partial charge in [0.25, 0.3) is 0 Å². The van der Waals surface area contributed by atoms with Gasteiger partial charge in [-0.15, -0.1) is 0 Å². The first-order valence-electron chi connectivity index (χ1n) is 10.1. The molecule has 189 valence electrons. The van der Waals surface area contributed by atoms with Crippen LogP contribution in [0, 0.1) is 0 Å². The van der Waals surface area contributed by atoms with Crippen LogP contribution in [0.1, 0.15) is 28.4 Å². The number of carbonyl (C=O) groups excluding carboxylic acids is 1. The third kappa shape index (κ3) is 4.88. The van der Waals surface area contributed by atoms with Crippen molar-refractivity contribution in [2.75, 3.05) is 13.7 Å². The molecule has 1 radical (unpaired) electrons. The van der Waals surface area contributed by atoms with Gasteiger partial charge >= 0.3 is 0 Å². The number of Topliss-reactive ketones (excluding diaryl/α,β-unsaturated/α-hetero) is 1. The number of methoxy groups -OCH3 is 1. The van der Waals surface area contributed by atoms with E-state index in [1.54, 1.807) is 6.07 Å². The van der Waals surface area contributed by atoms with Gasteiger partial charge in [0.15, 0.2) is 17.3 Å². The SMILES string of the molecule is COc1cc(C2CC(=O)c3c(O)cc(O[C@@H]4O[C@H](CO)[C@@H](O)[C@H](O)[C@H]4O)cc3O2)ccc1O.[Au]. The standard InChI is InChI=1S/C22H24O11.Au/c1-30-15-4-9(2-3-11(15)24)14-7-13(26)18-12(25)5-10(6-16(18)32-14)31-22-21(29)20(28)19(27)17(8-23)33-22;/h2-6,14,17,19-25,27-29H,7-8H2,1H3;/t14?,17-,19-,20+,21-,22-;/m1./s1. The summed E-state index contributed by atoms with van der Waals surface area (Å²) in [6.07, 6.45) is -8.30. The molecule has 0 spiro atoms. The average molecular weight is 661 g/mol. The Bertz CT molecular complexity index is 1040. The number of phenols is 2. The molecule has 1 unspecified atom stereocenters.